The molecule has 1 aliphatic heterocycles. The van der Waals surface area contributed by atoms with E-state index in [1.165, 1.54) is 25.7 Å². The molecule has 1 saturated carbocycles. The summed E-state index contributed by atoms with van der Waals surface area (Å²) in [5.41, 5.74) is 3.15. The molecule has 5 heteroatoms. The lowest BCUT2D eigenvalue weighted by Gasteiger charge is -2.22. The van der Waals surface area contributed by atoms with Gasteiger partial charge in [0.2, 0.25) is 0 Å². The van der Waals surface area contributed by atoms with Crippen LogP contribution in [-0.4, -0.2) is 34.7 Å². The fourth-order valence-electron chi connectivity index (χ4n) is 3.94. The second-order valence-corrected chi connectivity index (χ2v) is 8.65. The summed E-state index contributed by atoms with van der Waals surface area (Å²) in [4.78, 5) is 13.1. The minimum atomic E-state index is -0.0576. The number of nitrogens with zero attached hydrogens (tertiary/aromatic N) is 2. The highest BCUT2D eigenvalue weighted by Crippen LogP contribution is 2.35. The van der Waals surface area contributed by atoms with Crippen LogP contribution in [0.1, 0.15) is 49.3 Å². The molecule has 1 heterocycles. The predicted molar refractivity (Wildman–Crippen MR) is 115 cm³/mol. The molecule has 1 atom stereocenters. The summed E-state index contributed by atoms with van der Waals surface area (Å²) in [6.07, 6.45) is 5.79. The molecular weight excluding hydrogens is 368 g/mol. The van der Waals surface area contributed by atoms with E-state index in [1.807, 2.05) is 42.5 Å². The molecule has 2 aromatic carbocycles. The number of rotatable bonds is 6. The molecular formula is C23H26N2O2S. The topological polar surface area (TPSA) is 41.9 Å². The summed E-state index contributed by atoms with van der Waals surface area (Å²) in [6, 6.07) is 18.1. The molecule has 0 bridgehead atoms. The van der Waals surface area contributed by atoms with Crippen LogP contribution in [0.2, 0.25) is 0 Å². The SMILES string of the molecule is COc1ccc([C@@H]2CC(c3ccccc3)=NN2C(=O)CSC2CCCC2)cc1. The first-order valence-electron chi connectivity index (χ1n) is 9.95. The maximum atomic E-state index is 13.1. The van der Waals surface area contributed by atoms with Gasteiger partial charge in [0.25, 0.3) is 5.91 Å². The number of hydrogen-bond acceptors (Lipinski definition) is 4. The van der Waals surface area contributed by atoms with Crippen molar-refractivity contribution in [2.75, 3.05) is 12.9 Å². The fraction of sp³-hybridized carbons (Fsp3) is 0.391. The van der Waals surface area contributed by atoms with Crippen molar-refractivity contribution in [3.8, 4) is 5.75 Å². The van der Waals surface area contributed by atoms with Crippen LogP contribution in [0.15, 0.2) is 59.7 Å². The van der Waals surface area contributed by atoms with E-state index in [-0.39, 0.29) is 11.9 Å². The van der Waals surface area contributed by atoms with Crippen LogP contribution >= 0.6 is 11.8 Å². The zero-order valence-corrected chi connectivity index (χ0v) is 17.0. The zero-order valence-electron chi connectivity index (χ0n) is 16.2. The van der Waals surface area contributed by atoms with Crippen molar-refractivity contribution < 1.29 is 9.53 Å². The molecule has 0 radical (unpaired) electrons. The molecule has 0 aromatic heterocycles. The largest absolute Gasteiger partial charge is 0.497 e. The highest BCUT2D eigenvalue weighted by atomic mass is 32.2. The van der Waals surface area contributed by atoms with Crippen molar-refractivity contribution >= 4 is 23.4 Å². The van der Waals surface area contributed by atoms with Gasteiger partial charge < -0.3 is 4.74 Å². The Hall–Kier alpha value is -2.27. The molecule has 4 nitrogen and oxygen atoms in total. The van der Waals surface area contributed by atoms with Crippen LogP contribution in [0.3, 0.4) is 0 Å². The van der Waals surface area contributed by atoms with Gasteiger partial charge in [-0.1, -0.05) is 55.3 Å². The van der Waals surface area contributed by atoms with Gasteiger partial charge in [0.15, 0.2) is 0 Å². The van der Waals surface area contributed by atoms with Gasteiger partial charge in [0, 0.05) is 11.7 Å². The number of amides is 1. The second kappa shape index (κ2) is 8.82. The van der Waals surface area contributed by atoms with Crippen molar-refractivity contribution in [3.05, 3.63) is 65.7 Å². The Bertz CT molecular complexity index is 829. The van der Waals surface area contributed by atoms with E-state index in [0.29, 0.717) is 11.0 Å². The molecule has 4 rings (SSSR count). The first-order valence-corrected chi connectivity index (χ1v) is 11.0. The number of hydrogen-bond donors (Lipinski definition) is 0. The Kier molecular flexibility index (Phi) is 6.01. The monoisotopic (exact) mass is 394 g/mol. The van der Waals surface area contributed by atoms with Gasteiger partial charge in [-0.15, -0.1) is 11.8 Å². The predicted octanol–water partition coefficient (Wildman–Crippen LogP) is 5.05. The minimum absolute atomic E-state index is 0.0576. The number of carbonyl (C=O) groups is 1. The van der Waals surface area contributed by atoms with E-state index in [2.05, 4.69) is 12.1 Å². The first-order chi connectivity index (χ1) is 13.7. The van der Waals surface area contributed by atoms with E-state index < -0.39 is 0 Å². The Morgan fingerprint density at radius 2 is 1.82 bits per heavy atom. The number of carbonyl (C=O) groups excluding carboxylic acids is 1. The van der Waals surface area contributed by atoms with Crippen LogP contribution in [0.5, 0.6) is 5.75 Å². The number of benzene rings is 2. The van der Waals surface area contributed by atoms with Crippen LogP contribution < -0.4 is 4.74 Å². The lowest BCUT2D eigenvalue weighted by Crippen LogP contribution is -2.29. The summed E-state index contributed by atoms with van der Waals surface area (Å²) in [7, 11) is 1.66. The maximum absolute atomic E-state index is 13.1. The Labute approximate surface area is 171 Å². The number of methoxy groups -OCH3 is 1. The van der Waals surface area contributed by atoms with Crippen molar-refractivity contribution in [1.29, 1.82) is 0 Å². The average Bonchev–Trinajstić information content (AvgIpc) is 3.43. The third kappa shape index (κ3) is 4.25. The molecule has 28 heavy (non-hydrogen) atoms. The van der Waals surface area contributed by atoms with Gasteiger partial charge in [-0.05, 0) is 36.1 Å². The summed E-state index contributed by atoms with van der Waals surface area (Å²) in [5, 5.41) is 7.10. The zero-order chi connectivity index (χ0) is 19.3. The smallest absolute Gasteiger partial charge is 0.253 e. The van der Waals surface area contributed by atoms with Crippen LogP contribution in [0, 0.1) is 0 Å². The molecule has 0 spiro atoms. The Balaban J connectivity index is 1.55. The van der Waals surface area contributed by atoms with E-state index in [1.54, 1.807) is 23.9 Å². The van der Waals surface area contributed by atoms with Crippen molar-refractivity contribution in [2.45, 2.75) is 43.4 Å². The fourth-order valence-corrected chi connectivity index (χ4v) is 5.12. The lowest BCUT2D eigenvalue weighted by atomic mass is 9.98. The molecule has 2 aliphatic rings. The first kappa shape index (κ1) is 19.1. The normalized spacial score (nSPS) is 19.7. The second-order valence-electron chi connectivity index (χ2n) is 7.36. The number of ether oxygens (including phenoxy) is 1. The van der Waals surface area contributed by atoms with E-state index in [9.17, 15) is 4.79 Å². The quantitative estimate of drug-likeness (QED) is 0.689. The Morgan fingerprint density at radius 3 is 2.50 bits per heavy atom. The minimum Gasteiger partial charge on any atom is -0.497 e. The van der Waals surface area contributed by atoms with Crippen molar-refractivity contribution in [3.63, 3.8) is 0 Å². The molecule has 1 fully saturated rings. The standard InChI is InChI=1S/C23H26N2O2S/c1-27-19-13-11-18(12-14-19)22-15-21(17-7-3-2-4-8-17)24-25(22)23(26)16-28-20-9-5-6-10-20/h2-4,7-8,11-14,20,22H,5-6,9-10,15-16H2,1H3/t22-/m0/s1. The third-order valence-electron chi connectivity index (χ3n) is 5.52. The van der Waals surface area contributed by atoms with Gasteiger partial charge in [0.1, 0.15) is 5.75 Å². The van der Waals surface area contributed by atoms with Gasteiger partial charge in [-0.2, -0.15) is 5.10 Å². The van der Waals surface area contributed by atoms with E-state index in [0.717, 1.165) is 29.0 Å². The molecule has 1 aliphatic carbocycles. The summed E-state index contributed by atoms with van der Waals surface area (Å²) in [6.45, 7) is 0. The molecule has 146 valence electrons. The van der Waals surface area contributed by atoms with Crippen molar-refractivity contribution in [1.82, 2.24) is 5.01 Å². The highest BCUT2D eigenvalue weighted by Gasteiger charge is 2.33. The highest BCUT2D eigenvalue weighted by molar-refractivity contribution is 8.00. The lowest BCUT2D eigenvalue weighted by molar-refractivity contribution is -0.130. The molecule has 0 unspecified atom stereocenters. The molecule has 1 amide bonds. The summed E-state index contributed by atoms with van der Waals surface area (Å²) in [5.74, 6) is 1.42. The average molecular weight is 395 g/mol. The van der Waals surface area contributed by atoms with E-state index >= 15 is 0 Å². The van der Waals surface area contributed by atoms with Gasteiger partial charge in [-0.25, -0.2) is 5.01 Å². The van der Waals surface area contributed by atoms with Gasteiger partial charge in [0.05, 0.1) is 24.6 Å². The van der Waals surface area contributed by atoms with Gasteiger partial charge >= 0.3 is 0 Å². The van der Waals surface area contributed by atoms with Crippen LogP contribution in [0.25, 0.3) is 0 Å². The summed E-state index contributed by atoms with van der Waals surface area (Å²) < 4.78 is 5.28. The Morgan fingerprint density at radius 1 is 1.11 bits per heavy atom. The third-order valence-corrected chi connectivity index (χ3v) is 6.87. The number of hydrazone groups is 1. The molecule has 0 saturated heterocycles. The van der Waals surface area contributed by atoms with E-state index in [4.69, 9.17) is 9.84 Å². The molecule has 0 N–H and O–H groups in total. The summed E-state index contributed by atoms with van der Waals surface area (Å²) >= 11 is 1.80. The van der Waals surface area contributed by atoms with Crippen LogP contribution in [0.4, 0.5) is 0 Å². The van der Waals surface area contributed by atoms with Crippen LogP contribution in [-0.2, 0) is 4.79 Å². The maximum Gasteiger partial charge on any atom is 0.253 e. The van der Waals surface area contributed by atoms with Crippen molar-refractivity contribution in [2.24, 2.45) is 5.10 Å². The number of thioether (sulfide) groups is 1. The van der Waals surface area contributed by atoms with Gasteiger partial charge in [-0.3, -0.25) is 4.79 Å². The molecule has 2 aromatic rings.